The maximum Gasteiger partial charge on any atom is 0.184 e. The molecule has 0 fully saturated rings. The molecule has 0 radical (unpaired) electrons. The lowest BCUT2D eigenvalue weighted by molar-refractivity contribution is 0.414. The van der Waals surface area contributed by atoms with Gasteiger partial charge in [0.25, 0.3) is 0 Å². The number of benzene rings is 2. The van der Waals surface area contributed by atoms with E-state index in [4.69, 9.17) is 16.2 Å². The molecule has 22 heavy (non-hydrogen) atoms. The first-order valence-electron chi connectivity index (χ1n) is 6.26. The van der Waals surface area contributed by atoms with Gasteiger partial charge in [-0.05, 0) is 35.0 Å². The Morgan fingerprint density at radius 1 is 1.09 bits per heavy atom. The summed E-state index contributed by atoms with van der Waals surface area (Å²) in [6.07, 6.45) is 0. The number of rotatable bonds is 5. The van der Waals surface area contributed by atoms with E-state index in [1.165, 1.54) is 19.2 Å². The molecule has 4 N–H and O–H groups in total. The number of nitroso groups, excluding NO2 is 1. The Labute approximate surface area is 127 Å². The number of methoxy groups -OCH3 is 1. The van der Waals surface area contributed by atoms with Gasteiger partial charge in [-0.25, -0.2) is 8.42 Å². The number of hydrogen-bond donors (Lipinski definition) is 2. The topological polar surface area (TPSA) is 125 Å². The van der Waals surface area contributed by atoms with E-state index in [1.54, 1.807) is 24.3 Å². The average Bonchev–Trinajstić information content (AvgIpc) is 2.47. The Hall–Kier alpha value is -2.61. The van der Waals surface area contributed by atoms with Gasteiger partial charge in [-0.15, -0.1) is 4.91 Å². The molecule has 0 aliphatic rings. The molecule has 0 unspecified atom stereocenters. The van der Waals surface area contributed by atoms with E-state index >= 15 is 0 Å². The van der Waals surface area contributed by atoms with Crippen molar-refractivity contribution in [2.45, 2.75) is 10.6 Å². The number of anilines is 2. The highest BCUT2D eigenvalue weighted by molar-refractivity contribution is 7.90. The SMILES string of the molecule is COc1ccc(CS(=O)(=O)c2ccc(N)c(N=O)c2N)cc1. The van der Waals surface area contributed by atoms with E-state index in [-0.39, 0.29) is 27.7 Å². The first kappa shape index (κ1) is 15.8. The summed E-state index contributed by atoms with van der Waals surface area (Å²) in [5, 5.41) is 2.69. The van der Waals surface area contributed by atoms with Crippen molar-refractivity contribution < 1.29 is 13.2 Å². The lowest BCUT2D eigenvalue weighted by atomic mass is 10.2. The Kier molecular flexibility index (Phi) is 4.32. The minimum absolute atomic E-state index is 0.0379. The van der Waals surface area contributed by atoms with Gasteiger partial charge < -0.3 is 16.2 Å². The summed E-state index contributed by atoms with van der Waals surface area (Å²) in [5.41, 5.74) is 11.4. The molecule has 0 saturated carbocycles. The number of hydrogen-bond acceptors (Lipinski definition) is 7. The standard InChI is InChI=1S/C14H15N3O4S/c1-21-10-4-2-9(3-5-10)8-22(19,20)12-7-6-11(15)14(17-18)13(12)16/h2-7H,8,15-16H2,1H3. The van der Waals surface area contributed by atoms with Crippen LogP contribution in [0.2, 0.25) is 0 Å². The Morgan fingerprint density at radius 3 is 2.27 bits per heavy atom. The molecule has 2 rings (SSSR count). The fraction of sp³-hybridized carbons (Fsp3) is 0.143. The zero-order chi connectivity index (χ0) is 16.3. The maximum atomic E-state index is 12.5. The lowest BCUT2D eigenvalue weighted by Gasteiger charge is -2.10. The Morgan fingerprint density at radius 2 is 1.73 bits per heavy atom. The van der Waals surface area contributed by atoms with Crippen LogP contribution in [0.15, 0.2) is 46.5 Å². The van der Waals surface area contributed by atoms with Gasteiger partial charge in [0.05, 0.1) is 29.1 Å². The monoisotopic (exact) mass is 321 g/mol. The number of nitrogen functional groups attached to an aromatic ring is 2. The zero-order valence-corrected chi connectivity index (χ0v) is 12.6. The third-order valence-electron chi connectivity index (χ3n) is 3.15. The molecule has 0 bridgehead atoms. The quantitative estimate of drug-likeness (QED) is 0.642. The third-order valence-corrected chi connectivity index (χ3v) is 4.89. The van der Waals surface area contributed by atoms with Crippen molar-refractivity contribution in [2.24, 2.45) is 5.18 Å². The van der Waals surface area contributed by atoms with Crippen molar-refractivity contribution in [3.05, 3.63) is 46.9 Å². The molecule has 0 atom stereocenters. The molecule has 8 heteroatoms. The first-order valence-corrected chi connectivity index (χ1v) is 7.91. The third kappa shape index (κ3) is 3.01. The molecule has 2 aromatic carbocycles. The van der Waals surface area contributed by atoms with Crippen LogP contribution in [0.3, 0.4) is 0 Å². The Balaban J connectivity index is 2.40. The summed E-state index contributed by atoms with van der Waals surface area (Å²) in [6, 6.07) is 9.18. The molecular formula is C14H15N3O4S. The van der Waals surface area contributed by atoms with Crippen LogP contribution in [0.5, 0.6) is 5.75 Å². The number of sulfone groups is 1. The summed E-state index contributed by atoms with van der Waals surface area (Å²) in [5.74, 6) is 0.365. The fourth-order valence-electron chi connectivity index (χ4n) is 2.00. The van der Waals surface area contributed by atoms with E-state index in [0.717, 1.165) is 0 Å². The van der Waals surface area contributed by atoms with Crippen molar-refractivity contribution in [3.8, 4) is 5.75 Å². The molecule has 0 amide bonds. The van der Waals surface area contributed by atoms with Gasteiger partial charge in [-0.1, -0.05) is 12.1 Å². The first-order chi connectivity index (χ1) is 10.4. The van der Waals surface area contributed by atoms with Gasteiger partial charge in [-0.2, -0.15) is 0 Å². The molecule has 0 saturated heterocycles. The van der Waals surface area contributed by atoms with E-state index in [2.05, 4.69) is 5.18 Å². The molecule has 0 aromatic heterocycles. The summed E-state index contributed by atoms with van der Waals surface area (Å²) >= 11 is 0. The molecule has 0 heterocycles. The van der Waals surface area contributed by atoms with E-state index in [0.29, 0.717) is 11.3 Å². The van der Waals surface area contributed by atoms with Crippen molar-refractivity contribution in [3.63, 3.8) is 0 Å². The van der Waals surface area contributed by atoms with Gasteiger partial charge >= 0.3 is 0 Å². The summed E-state index contributed by atoms with van der Waals surface area (Å²) < 4.78 is 29.9. The molecular weight excluding hydrogens is 306 g/mol. The molecule has 116 valence electrons. The van der Waals surface area contributed by atoms with Crippen LogP contribution in [0.25, 0.3) is 0 Å². The van der Waals surface area contributed by atoms with Crippen LogP contribution in [-0.4, -0.2) is 15.5 Å². The van der Waals surface area contributed by atoms with Crippen molar-refractivity contribution in [2.75, 3.05) is 18.6 Å². The van der Waals surface area contributed by atoms with Gasteiger partial charge in [0, 0.05) is 0 Å². The van der Waals surface area contributed by atoms with Crippen LogP contribution in [-0.2, 0) is 15.6 Å². The maximum absolute atomic E-state index is 12.5. The molecule has 0 aliphatic carbocycles. The second kappa shape index (κ2) is 6.02. The van der Waals surface area contributed by atoms with Crippen LogP contribution >= 0.6 is 0 Å². The largest absolute Gasteiger partial charge is 0.497 e. The highest BCUT2D eigenvalue weighted by Crippen LogP contribution is 2.35. The van der Waals surface area contributed by atoms with Crippen molar-refractivity contribution >= 4 is 26.9 Å². The smallest absolute Gasteiger partial charge is 0.184 e. The minimum Gasteiger partial charge on any atom is -0.497 e. The second-order valence-corrected chi connectivity index (χ2v) is 6.57. The summed E-state index contributed by atoms with van der Waals surface area (Å²) in [7, 11) is -2.21. The van der Waals surface area contributed by atoms with Gasteiger partial charge in [0.15, 0.2) is 15.5 Å². The second-order valence-electron chi connectivity index (χ2n) is 4.61. The normalized spacial score (nSPS) is 11.1. The van der Waals surface area contributed by atoms with E-state index < -0.39 is 9.84 Å². The number of nitrogens with two attached hydrogens (primary N) is 2. The van der Waals surface area contributed by atoms with Crippen molar-refractivity contribution in [1.29, 1.82) is 0 Å². The summed E-state index contributed by atoms with van der Waals surface area (Å²) in [4.78, 5) is 10.6. The van der Waals surface area contributed by atoms with Gasteiger partial charge in [0.2, 0.25) is 0 Å². The average molecular weight is 321 g/mol. The highest BCUT2D eigenvalue weighted by atomic mass is 32.2. The highest BCUT2D eigenvalue weighted by Gasteiger charge is 2.22. The van der Waals surface area contributed by atoms with E-state index in [9.17, 15) is 13.3 Å². The van der Waals surface area contributed by atoms with Crippen LogP contribution in [0.1, 0.15) is 5.56 Å². The summed E-state index contributed by atoms with van der Waals surface area (Å²) in [6.45, 7) is 0. The van der Waals surface area contributed by atoms with Crippen molar-refractivity contribution in [1.82, 2.24) is 0 Å². The molecule has 7 nitrogen and oxygen atoms in total. The molecule has 2 aromatic rings. The zero-order valence-electron chi connectivity index (χ0n) is 11.8. The number of nitrogens with zero attached hydrogens (tertiary/aromatic N) is 1. The fourth-order valence-corrected chi connectivity index (χ4v) is 3.49. The van der Waals surface area contributed by atoms with Crippen LogP contribution in [0, 0.1) is 4.91 Å². The van der Waals surface area contributed by atoms with Crippen LogP contribution in [0.4, 0.5) is 17.1 Å². The molecule has 0 aliphatic heterocycles. The lowest BCUT2D eigenvalue weighted by Crippen LogP contribution is -2.09. The molecule has 0 spiro atoms. The number of ether oxygens (including phenoxy) is 1. The minimum atomic E-state index is -3.73. The Bertz CT molecular complexity index is 802. The predicted molar refractivity (Wildman–Crippen MR) is 84.6 cm³/mol. The van der Waals surface area contributed by atoms with Gasteiger partial charge in [-0.3, -0.25) is 0 Å². The van der Waals surface area contributed by atoms with E-state index in [1.807, 2.05) is 0 Å². The van der Waals surface area contributed by atoms with Crippen LogP contribution < -0.4 is 16.2 Å². The van der Waals surface area contributed by atoms with Gasteiger partial charge in [0.1, 0.15) is 5.75 Å². The predicted octanol–water partition coefficient (Wildman–Crippen LogP) is 2.23.